The maximum Gasteiger partial charge on any atom is 0.334 e. The molecule has 0 amide bonds. The molecule has 0 saturated carbocycles. The molecule has 1 atom stereocenters. The quantitative estimate of drug-likeness (QED) is 0.557. The summed E-state index contributed by atoms with van der Waals surface area (Å²) < 4.78 is 4.98. The van der Waals surface area contributed by atoms with E-state index in [4.69, 9.17) is 4.74 Å². The highest BCUT2D eigenvalue weighted by atomic mass is 16.5. The summed E-state index contributed by atoms with van der Waals surface area (Å²) in [7, 11) is 0. The summed E-state index contributed by atoms with van der Waals surface area (Å²) in [5, 5.41) is 0. The number of esters is 1. The fourth-order valence-corrected chi connectivity index (χ4v) is 2.93. The number of carbonyl (C=O) groups excluding carboxylic acids is 1. The van der Waals surface area contributed by atoms with Gasteiger partial charge in [0, 0.05) is 37.8 Å². The van der Waals surface area contributed by atoms with E-state index < -0.39 is 0 Å². The first-order valence-corrected chi connectivity index (χ1v) is 7.02. The summed E-state index contributed by atoms with van der Waals surface area (Å²) in [4.78, 5) is 16.5. The minimum absolute atomic E-state index is 0.247. The Morgan fingerprint density at radius 2 is 2.17 bits per heavy atom. The number of carbonyl (C=O) groups is 1. The Morgan fingerprint density at radius 3 is 2.94 bits per heavy atom. The molecule has 0 aromatic heterocycles. The van der Waals surface area contributed by atoms with Crippen LogP contribution in [0, 0.1) is 0 Å². The van der Waals surface area contributed by atoms with Crippen molar-refractivity contribution in [2.75, 3.05) is 39.3 Å². The Hall–Kier alpha value is -0.870. The van der Waals surface area contributed by atoms with E-state index in [2.05, 4.69) is 16.4 Å². The van der Waals surface area contributed by atoms with Crippen LogP contribution >= 0.6 is 0 Å². The van der Waals surface area contributed by atoms with Crippen LogP contribution in [0.3, 0.4) is 0 Å². The first-order valence-electron chi connectivity index (χ1n) is 7.02. The van der Waals surface area contributed by atoms with Crippen LogP contribution in [0.1, 0.15) is 26.2 Å². The molecular formula is C14H24N2O2. The highest BCUT2D eigenvalue weighted by Gasteiger charge is 2.29. The van der Waals surface area contributed by atoms with Crippen molar-refractivity contribution >= 4 is 5.97 Å². The number of rotatable bonds is 4. The number of piperidine rings is 1. The molecular weight excluding hydrogens is 228 g/mol. The molecule has 0 bridgehead atoms. The molecule has 0 radical (unpaired) electrons. The summed E-state index contributed by atoms with van der Waals surface area (Å²) in [5.74, 6) is -0.247. The molecule has 0 N–H and O–H groups in total. The minimum Gasteiger partial charge on any atom is -0.463 e. The van der Waals surface area contributed by atoms with Crippen molar-refractivity contribution < 1.29 is 9.53 Å². The van der Waals surface area contributed by atoms with Gasteiger partial charge in [0.15, 0.2) is 0 Å². The van der Waals surface area contributed by atoms with Crippen LogP contribution in [0.2, 0.25) is 0 Å². The van der Waals surface area contributed by atoms with Crippen LogP contribution in [0.4, 0.5) is 0 Å². The van der Waals surface area contributed by atoms with Crippen molar-refractivity contribution in [1.82, 2.24) is 9.80 Å². The normalized spacial score (nSPS) is 25.5. The third-order valence-electron chi connectivity index (χ3n) is 3.90. The van der Waals surface area contributed by atoms with Gasteiger partial charge in [-0.15, -0.1) is 0 Å². The van der Waals surface area contributed by atoms with E-state index in [1.54, 1.807) is 0 Å². The Labute approximate surface area is 110 Å². The highest BCUT2D eigenvalue weighted by Crippen LogP contribution is 2.21. The highest BCUT2D eigenvalue weighted by molar-refractivity contribution is 5.88. The SMILES string of the molecule is C=C(CN1CCN2CCCCC2C1)C(=O)OCC. The molecule has 2 saturated heterocycles. The Morgan fingerprint density at radius 1 is 1.33 bits per heavy atom. The summed E-state index contributed by atoms with van der Waals surface area (Å²) in [5.41, 5.74) is 0.584. The largest absolute Gasteiger partial charge is 0.463 e. The fraction of sp³-hybridized carbons (Fsp3) is 0.786. The lowest BCUT2D eigenvalue weighted by molar-refractivity contribution is -0.138. The molecule has 2 heterocycles. The summed E-state index contributed by atoms with van der Waals surface area (Å²) >= 11 is 0. The van der Waals surface area contributed by atoms with Crippen LogP contribution in [0.15, 0.2) is 12.2 Å². The monoisotopic (exact) mass is 252 g/mol. The third kappa shape index (κ3) is 3.33. The van der Waals surface area contributed by atoms with Gasteiger partial charge in [-0.05, 0) is 26.3 Å². The van der Waals surface area contributed by atoms with Crippen molar-refractivity contribution in [3.8, 4) is 0 Å². The van der Waals surface area contributed by atoms with Crippen molar-refractivity contribution in [2.45, 2.75) is 32.2 Å². The maximum absolute atomic E-state index is 11.5. The molecule has 0 aromatic carbocycles. The lowest BCUT2D eigenvalue weighted by Crippen LogP contribution is -2.55. The molecule has 4 heteroatoms. The van der Waals surface area contributed by atoms with Crippen LogP contribution in [0.5, 0.6) is 0 Å². The standard InChI is InChI=1S/C14H24N2O2/c1-3-18-14(17)12(2)10-15-8-9-16-7-5-4-6-13(16)11-15/h13H,2-11H2,1H3. The summed E-state index contributed by atoms with van der Waals surface area (Å²) in [6, 6.07) is 0.683. The Bertz CT molecular complexity index is 317. The number of hydrogen-bond acceptors (Lipinski definition) is 4. The van der Waals surface area contributed by atoms with E-state index in [-0.39, 0.29) is 5.97 Å². The van der Waals surface area contributed by atoms with E-state index in [1.807, 2.05) is 6.92 Å². The zero-order valence-electron chi connectivity index (χ0n) is 11.4. The second-order valence-corrected chi connectivity index (χ2v) is 5.24. The van der Waals surface area contributed by atoms with Gasteiger partial charge in [0.1, 0.15) is 0 Å². The van der Waals surface area contributed by atoms with Gasteiger partial charge in [-0.3, -0.25) is 9.80 Å². The molecule has 102 valence electrons. The number of nitrogens with zero attached hydrogens (tertiary/aromatic N) is 2. The molecule has 0 aromatic rings. The fourth-order valence-electron chi connectivity index (χ4n) is 2.93. The van der Waals surface area contributed by atoms with Gasteiger partial charge in [0.2, 0.25) is 0 Å². The van der Waals surface area contributed by atoms with Gasteiger partial charge >= 0.3 is 5.97 Å². The van der Waals surface area contributed by atoms with Crippen LogP contribution in [0.25, 0.3) is 0 Å². The predicted octanol–water partition coefficient (Wildman–Crippen LogP) is 1.28. The first kappa shape index (κ1) is 13.6. The van der Waals surface area contributed by atoms with Crippen molar-refractivity contribution in [3.63, 3.8) is 0 Å². The number of piperazine rings is 1. The molecule has 2 fully saturated rings. The van der Waals surface area contributed by atoms with Crippen LogP contribution < -0.4 is 0 Å². The van der Waals surface area contributed by atoms with Crippen molar-refractivity contribution in [1.29, 1.82) is 0 Å². The molecule has 18 heavy (non-hydrogen) atoms. The van der Waals surface area contributed by atoms with Crippen LogP contribution in [-0.2, 0) is 9.53 Å². The maximum atomic E-state index is 11.5. The summed E-state index contributed by atoms with van der Waals surface area (Å²) in [6.07, 6.45) is 3.97. The molecule has 0 spiro atoms. The van der Waals surface area contributed by atoms with Gasteiger partial charge < -0.3 is 4.74 Å². The van der Waals surface area contributed by atoms with Gasteiger partial charge in [-0.1, -0.05) is 13.0 Å². The number of hydrogen-bond donors (Lipinski definition) is 0. The van der Waals surface area contributed by atoms with Crippen LogP contribution in [-0.4, -0.2) is 61.1 Å². The molecule has 1 unspecified atom stereocenters. The average Bonchev–Trinajstić information content (AvgIpc) is 2.39. The Balaban J connectivity index is 1.80. The van der Waals surface area contributed by atoms with E-state index in [9.17, 15) is 4.79 Å². The van der Waals surface area contributed by atoms with E-state index >= 15 is 0 Å². The average molecular weight is 252 g/mol. The molecule has 4 nitrogen and oxygen atoms in total. The summed E-state index contributed by atoms with van der Waals surface area (Å²) in [6.45, 7) is 11.2. The van der Waals surface area contributed by atoms with E-state index in [1.165, 1.54) is 25.8 Å². The molecule has 2 rings (SSSR count). The second kappa shape index (κ2) is 6.34. The van der Waals surface area contributed by atoms with Crippen molar-refractivity contribution in [2.24, 2.45) is 0 Å². The topological polar surface area (TPSA) is 32.8 Å². The van der Waals surface area contributed by atoms with Gasteiger partial charge in [0.05, 0.1) is 6.61 Å². The smallest absolute Gasteiger partial charge is 0.334 e. The lowest BCUT2D eigenvalue weighted by atomic mass is 9.99. The van der Waals surface area contributed by atoms with Crippen molar-refractivity contribution in [3.05, 3.63) is 12.2 Å². The van der Waals surface area contributed by atoms with Gasteiger partial charge in [-0.2, -0.15) is 0 Å². The minimum atomic E-state index is -0.247. The third-order valence-corrected chi connectivity index (χ3v) is 3.90. The Kier molecular flexibility index (Phi) is 4.78. The molecule has 2 aliphatic heterocycles. The molecule has 2 aliphatic rings. The zero-order chi connectivity index (χ0) is 13.0. The van der Waals surface area contributed by atoms with Gasteiger partial charge in [0.25, 0.3) is 0 Å². The first-order chi connectivity index (χ1) is 8.70. The second-order valence-electron chi connectivity index (χ2n) is 5.24. The molecule has 0 aliphatic carbocycles. The van der Waals surface area contributed by atoms with E-state index in [0.29, 0.717) is 24.8 Å². The number of ether oxygens (including phenoxy) is 1. The lowest BCUT2D eigenvalue weighted by Gasteiger charge is -2.44. The zero-order valence-corrected chi connectivity index (χ0v) is 11.4. The van der Waals surface area contributed by atoms with Gasteiger partial charge in [-0.25, -0.2) is 4.79 Å². The van der Waals surface area contributed by atoms with E-state index in [0.717, 1.165) is 19.6 Å². The number of fused-ring (bicyclic) bond motifs is 1. The predicted molar refractivity (Wildman–Crippen MR) is 71.4 cm³/mol.